The van der Waals surface area contributed by atoms with Crippen LogP contribution in [-0.2, 0) is 14.3 Å². The molecule has 0 unspecified atom stereocenters. The quantitative estimate of drug-likeness (QED) is 0.768. The van der Waals surface area contributed by atoms with Crippen molar-refractivity contribution in [3.8, 4) is 0 Å². The first-order valence-corrected chi connectivity index (χ1v) is 9.72. The number of methoxy groups -OCH3 is 1. The SMILES string of the molecule is COC(=O)C1=C(C)NC2=C(C(=O)CC(C)(C)C2)[C@@H]1c1ccc(N(C)C)cc1Cl. The van der Waals surface area contributed by atoms with Crippen molar-refractivity contribution >= 4 is 29.0 Å². The van der Waals surface area contributed by atoms with Crippen molar-refractivity contribution < 1.29 is 14.3 Å². The summed E-state index contributed by atoms with van der Waals surface area (Å²) in [6, 6.07) is 5.72. The van der Waals surface area contributed by atoms with E-state index < -0.39 is 11.9 Å². The van der Waals surface area contributed by atoms with E-state index >= 15 is 0 Å². The van der Waals surface area contributed by atoms with Gasteiger partial charge in [-0.05, 0) is 36.5 Å². The lowest BCUT2D eigenvalue weighted by atomic mass is 9.68. The van der Waals surface area contributed by atoms with Crippen LogP contribution in [0.15, 0.2) is 40.7 Å². The van der Waals surface area contributed by atoms with Crippen LogP contribution < -0.4 is 10.2 Å². The van der Waals surface area contributed by atoms with Crippen LogP contribution >= 0.6 is 11.6 Å². The maximum atomic E-state index is 13.2. The predicted octanol–water partition coefficient (Wildman–Crippen LogP) is 4.18. The van der Waals surface area contributed by atoms with Crippen molar-refractivity contribution in [3.05, 3.63) is 51.3 Å². The maximum absolute atomic E-state index is 13.2. The molecule has 0 aromatic heterocycles. The standard InChI is InChI=1S/C22H27ClN2O3/c1-12-18(21(27)28-6)19(14-8-7-13(25(4)5)9-15(14)23)20-16(24-12)10-22(2,3)11-17(20)26/h7-9,19,24H,10-11H2,1-6H3/t19-/m1/s1. The first-order valence-electron chi connectivity index (χ1n) is 9.35. The van der Waals surface area contributed by atoms with E-state index in [4.69, 9.17) is 16.3 Å². The highest BCUT2D eigenvalue weighted by Gasteiger charge is 2.43. The van der Waals surface area contributed by atoms with Crippen molar-refractivity contribution in [1.82, 2.24) is 5.32 Å². The molecular weight excluding hydrogens is 376 g/mol. The zero-order valence-corrected chi connectivity index (χ0v) is 18.0. The normalized spacial score (nSPS) is 21.2. The summed E-state index contributed by atoms with van der Waals surface area (Å²) in [6.45, 7) is 6.01. The third-order valence-electron chi connectivity index (χ3n) is 5.46. The second-order valence-electron chi connectivity index (χ2n) is 8.52. The molecule has 6 heteroatoms. The lowest BCUT2D eigenvalue weighted by Crippen LogP contribution is -2.38. The summed E-state index contributed by atoms with van der Waals surface area (Å²) < 4.78 is 5.05. The van der Waals surface area contributed by atoms with Gasteiger partial charge in [0.2, 0.25) is 0 Å². The Balaban J connectivity index is 2.22. The van der Waals surface area contributed by atoms with Crippen LogP contribution in [0.25, 0.3) is 0 Å². The third kappa shape index (κ3) is 3.55. The molecule has 0 radical (unpaired) electrons. The molecule has 150 valence electrons. The zero-order valence-electron chi connectivity index (χ0n) is 17.3. The first-order chi connectivity index (χ1) is 13.1. The van der Waals surface area contributed by atoms with E-state index in [0.29, 0.717) is 28.3 Å². The van der Waals surface area contributed by atoms with Crippen LogP contribution in [0.2, 0.25) is 5.02 Å². The van der Waals surface area contributed by atoms with Crippen LogP contribution in [0.1, 0.15) is 45.1 Å². The average molecular weight is 403 g/mol. The highest BCUT2D eigenvalue weighted by molar-refractivity contribution is 6.32. The van der Waals surface area contributed by atoms with Gasteiger partial charge in [0.1, 0.15) is 0 Å². The summed E-state index contributed by atoms with van der Waals surface area (Å²) in [5.74, 6) is -0.937. The van der Waals surface area contributed by atoms with Crippen LogP contribution in [0.4, 0.5) is 5.69 Å². The number of ether oxygens (including phenoxy) is 1. The largest absolute Gasteiger partial charge is 0.466 e. The van der Waals surface area contributed by atoms with Crippen molar-refractivity contribution in [3.63, 3.8) is 0 Å². The summed E-state index contributed by atoms with van der Waals surface area (Å²) in [5.41, 5.74) is 4.22. The van der Waals surface area contributed by atoms with Gasteiger partial charge >= 0.3 is 5.97 Å². The molecule has 0 fully saturated rings. The number of allylic oxidation sites excluding steroid dienone is 3. The number of nitrogens with one attached hydrogen (secondary N) is 1. The van der Waals surface area contributed by atoms with E-state index in [1.54, 1.807) is 0 Å². The van der Waals surface area contributed by atoms with Crippen LogP contribution in [0.5, 0.6) is 0 Å². The molecule has 0 bridgehead atoms. The minimum Gasteiger partial charge on any atom is -0.466 e. The van der Waals surface area contributed by atoms with Gasteiger partial charge in [0.05, 0.1) is 12.7 Å². The number of anilines is 1. The molecule has 1 heterocycles. The van der Waals surface area contributed by atoms with Gasteiger partial charge in [-0.15, -0.1) is 0 Å². The number of Topliss-reactive ketones (excluding diaryl/α,β-unsaturated/α-hetero) is 1. The summed E-state index contributed by atoms with van der Waals surface area (Å²) >= 11 is 6.65. The molecule has 1 aromatic rings. The molecule has 1 aliphatic carbocycles. The number of halogens is 1. The molecule has 1 aliphatic heterocycles. The summed E-state index contributed by atoms with van der Waals surface area (Å²) in [4.78, 5) is 27.8. The fraction of sp³-hybridized carbons (Fsp3) is 0.455. The maximum Gasteiger partial charge on any atom is 0.336 e. The Morgan fingerprint density at radius 1 is 1.29 bits per heavy atom. The lowest BCUT2D eigenvalue weighted by molar-refractivity contribution is -0.136. The van der Waals surface area contributed by atoms with E-state index in [1.807, 2.05) is 44.1 Å². The zero-order chi connectivity index (χ0) is 20.8. The fourth-order valence-corrected chi connectivity index (χ4v) is 4.44. The number of carbonyl (C=O) groups excluding carboxylic acids is 2. The smallest absolute Gasteiger partial charge is 0.336 e. The lowest BCUT2D eigenvalue weighted by Gasteiger charge is -2.39. The second-order valence-corrected chi connectivity index (χ2v) is 8.93. The molecule has 28 heavy (non-hydrogen) atoms. The van der Waals surface area contributed by atoms with Gasteiger partial charge in [-0.3, -0.25) is 4.79 Å². The van der Waals surface area contributed by atoms with Crippen molar-refractivity contribution in [2.24, 2.45) is 5.41 Å². The molecule has 5 nitrogen and oxygen atoms in total. The first kappa shape index (κ1) is 20.5. The monoisotopic (exact) mass is 402 g/mol. The topological polar surface area (TPSA) is 58.6 Å². The number of nitrogens with zero attached hydrogens (tertiary/aromatic N) is 1. The Bertz CT molecular complexity index is 912. The minimum atomic E-state index is -0.531. The van der Waals surface area contributed by atoms with Gasteiger partial charge in [0.25, 0.3) is 0 Å². The molecule has 1 aromatic carbocycles. The fourth-order valence-electron chi connectivity index (χ4n) is 4.16. The van der Waals surface area contributed by atoms with Gasteiger partial charge in [0, 0.05) is 54.1 Å². The van der Waals surface area contributed by atoms with E-state index in [-0.39, 0.29) is 11.2 Å². The van der Waals surface area contributed by atoms with Gasteiger partial charge in [0.15, 0.2) is 5.78 Å². The summed E-state index contributed by atoms with van der Waals surface area (Å²) in [5, 5.41) is 3.83. The molecule has 0 spiro atoms. The molecule has 0 amide bonds. The number of dihydropyridines is 1. The number of hydrogen-bond acceptors (Lipinski definition) is 5. The van der Waals surface area contributed by atoms with E-state index in [0.717, 1.165) is 23.4 Å². The highest BCUT2D eigenvalue weighted by Crippen LogP contribution is 2.48. The summed E-state index contributed by atoms with van der Waals surface area (Å²) in [7, 11) is 5.23. The average Bonchev–Trinajstić information content (AvgIpc) is 2.58. The van der Waals surface area contributed by atoms with Crippen molar-refractivity contribution in [2.75, 3.05) is 26.1 Å². The second kappa shape index (κ2) is 7.28. The highest BCUT2D eigenvalue weighted by atomic mass is 35.5. The van der Waals surface area contributed by atoms with Gasteiger partial charge < -0.3 is 15.0 Å². The number of esters is 1. The minimum absolute atomic E-state index is 0.0467. The molecular formula is C22H27ClN2O3. The Morgan fingerprint density at radius 2 is 1.96 bits per heavy atom. The molecule has 0 saturated heterocycles. The van der Waals surface area contributed by atoms with E-state index in [2.05, 4.69) is 19.2 Å². The Morgan fingerprint density at radius 3 is 2.54 bits per heavy atom. The van der Waals surface area contributed by atoms with Gasteiger partial charge in [-0.1, -0.05) is 31.5 Å². The number of ketones is 1. The van der Waals surface area contributed by atoms with Crippen LogP contribution in [0, 0.1) is 5.41 Å². The number of hydrogen-bond donors (Lipinski definition) is 1. The van der Waals surface area contributed by atoms with E-state index in [9.17, 15) is 9.59 Å². The van der Waals surface area contributed by atoms with Crippen molar-refractivity contribution in [1.29, 1.82) is 0 Å². The number of carbonyl (C=O) groups is 2. The summed E-state index contributed by atoms with van der Waals surface area (Å²) in [6.07, 6.45) is 1.18. The number of rotatable bonds is 3. The van der Waals surface area contributed by atoms with E-state index in [1.165, 1.54) is 7.11 Å². The molecule has 1 N–H and O–H groups in total. The Kier molecular flexibility index (Phi) is 5.32. The molecule has 2 aliphatic rings. The van der Waals surface area contributed by atoms with Crippen LogP contribution in [0.3, 0.4) is 0 Å². The Labute approximate surface area is 171 Å². The third-order valence-corrected chi connectivity index (χ3v) is 5.78. The molecule has 1 atom stereocenters. The van der Waals surface area contributed by atoms with Crippen molar-refractivity contribution in [2.45, 2.75) is 39.5 Å². The molecule has 3 rings (SSSR count). The number of benzene rings is 1. The molecule has 0 saturated carbocycles. The predicted molar refractivity (Wildman–Crippen MR) is 111 cm³/mol. The van der Waals surface area contributed by atoms with Gasteiger partial charge in [-0.2, -0.15) is 0 Å². The van der Waals surface area contributed by atoms with Gasteiger partial charge in [-0.25, -0.2) is 4.79 Å². The van der Waals surface area contributed by atoms with Crippen LogP contribution in [-0.4, -0.2) is 33.0 Å². The Hall–Kier alpha value is -2.27.